The molecule has 0 aromatic heterocycles. The minimum atomic E-state index is 0.0255. The lowest BCUT2D eigenvalue weighted by Crippen LogP contribution is -2.20. The summed E-state index contributed by atoms with van der Waals surface area (Å²) in [4.78, 5) is 2.39. The van der Waals surface area contributed by atoms with E-state index in [1.165, 1.54) is 0 Å². The molecule has 0 amide bonds. The smallest absolute Gasteiger partial charge is 0.130 e. The molecule has 0 radical (unpaired) electrons. The Balaban J connectivity index is 2.02. The van der Waals surface area contributed by atoms with Gasteiger partial charge in [-0.3, -0.25) is 10.3 Å². The summed E-state index contributed by atoms with van der Waals surface area (Å²) in [6, 6.07) is 5.80. The molecule has 1 saturated heterocycles. The van der Waals surface area contributed by atoms with Gasteiger partial charge >= 0.3 is 0 Å². The molecule has 5 nitrogen and oxygen atoms in total. The van der Waals surface area contributed by atoms with Crippen LogP contribution in [0.2, 0.25) is 0 Å². The number of nitrogens with two attached hydrogens (primary N) is 1. The third-order valence-electron chi connectivity index (χ3n) is 3.87. The molecule has 1 atom stereocenters. The van der Waals surface area contributed by atoms with Crippen LogP contribution in [-0.2, 0) is 6.54 Å². The molecule has 0 spiro atoms. The Labute approximate surface area is 119 Å². The third kappa shape index (κ3) is 3.49. The van der Waals surface area contributed by atoms with Crippen molar-refractivity contribution in [1.29, 1.82) is 5.41 Å². The molecule has 1 heterocycles. The summed E-state index contributed by atoms with van der Waals surface area (Å²) in [6.07, 6.45) is 2.05. The first-order valence-corrected chi connectivity index (χ1v) is 6.98. The number of methoxy groups -OCH3 is 1. The second-order valence-electron chi connectivity index (χ2n) is 5.35. The van der Waals surface area contributed by atoms with Gasteiger partial charge in [0.2, 0.25) is 0 Å². The number of aliphatic hydroxyl groups excluding tert-OH is 1. The zero-order valence-electron chi connectivity index (χ0n) is 11.9. The normalized spacial score (nSPS) is 19.2. The molecule has 1 aromatic carbocycles. The Morgan fingerprint density at radius 2 is 2.35 bits per heavy atom. The van der Waals surface area contributed by atoms with Crippen LogP contribution in [0.4, 0.5) is 0 Å². The van der Waals surface area contributed by atoms with E-state index >= 15 is 0 Å². The van der Waals surface area contributed by atoms with Crippen LogP contribution >= 0.6 is 0 Å². The number of hydrogen-bond donors (Lipinski definition) is 3. The lowest BCUT2D eigenvalue weighted by molar-refractivity contribution is 0.249. The second kappa shape index (κ2) is 6.72. The summed E-state index contributed by atoms with van der Waals surface area (Å²) in [7, 11) is 1.60. The molecule has 5 heteroatoms. The van der Waals surface area contributed by atoms with Crippen molar-refractivity contribution in [1.82, 2.24) is 4.90 Å². The number of aliphatic hydroxyl groups is 1. The first-order chi connectivity index (χ1) is 9.63. The zero-order valence-corrected chi connectivity index (χ0v) is 11.9. The topological polar surface area (TPSA) is 82.6 Å². The van der Waals surface area contributed by atoms with Crippen molar-refractivity contribution in [2.24, 2.45) is 11.7 Å². The maximum absolute atomic E-state index is 8.99. The van der Waals surface area contributed by atoms with E-state index in [-0.39, 0.29) is 12.4 Å². The molecule has 110 valence electrons. The van der Waals surface area contributed by atoms with E-state index in [1.807, 2.05) is 18.2 Å². The standard InChI is InChI=1S/C15H23N3O2/c1-20-14-8-12(2-3-13(14)15(16)17)10-18-6-4-11(9-18)5-7-19/h2-3,8,11,19H,4-7,9-10H2,1H3,(H3,16,17). The van der Waals surface area contributed by atoms with Gasteiger partial charge in [-0.15, -0.1) is 0 Å². The zero-order chi connectivity index (χ0) is 14.5. The highest BCUT2D eigenvalue weighted by Crippen LogP contribution is 2.24. The Morgan fingerprint density at radius 3 is 3.00 bits per heavy atom. The third-order valence-corrected chi connectivity index (χ3v) is 3.87. The van der Waals surface area contributed by atoms with Crippen molar-refractivity contribution < 1.29 is 9.84 Å². The van der Waals surface area contributed by atoms with E-state index in [9.17, 15) is 0 Å². The van der Waals surface area contributed by atoms with Crippen LogP contribution in [-0.4, -0.2) is 42.6 Å². The van der Waals surface area contributed by atoms with Gasteiger partial charge < -0.3 is 15.6 Å². The van der Waals surface area contributed by atoms with Crippen LogP contribution in [0, 0.1) is 11.3 Å². The van der Waals surface area contributed by atoms with Gasteiger partial charge in [0.1, 0.15) is 11.6 Å². The molecule has 20 heavy (non-hydrogen) atoms. The first-order valence-electron chi connectivity index (χ1n) is 6.98. The van der Waals surface area contributed by atoms with Gasteiger partial charge in [-0.1, -0.05) is 6.07 Å². The van der Waals surface area contributed by atoms with Crippen molar-refractivity contribution >= 4 is 5.84 Å². The molecule has 4 N–H and O–H groups in total. The number of nitrogen functional groups attached to an aromatic ring is 1. The van der Waals surface area contributed by atoms with E-state index in [2.05, 4.69) is 4.90 Å². The van der Waals surface area contributed by atoms with E-state index < -0.39 is 0 Å². The average Bonchev–Trinajstić information content (AvgIpc) is 2.86. The molecule has 2 rings (SSSR count). The highest BCUT2D eigenvalue weighted by Gasteiger charge is 2.22. The molecule has 1 aliphatic heterocycles. The highest BCUT2D eigenvalue weighted by molar-refractivity contribution is 5.97. The fraction of sp³-hybridized carbons (Fsp3) is 0.533. The van der Waals surface area contributed by atoms with Crippen molar-refractivity contribution in [3.05, 3.63) is 29.3 Å². The molecule has 0 bridgehead atoms. The van der Waals surface area contributed by atoms with Crippen LogP contribution in [0.15, 0.2) is 18.2 Å². The second-order valence-corrected chi connectivity index (χ2v) is 5.35. The summed E-state index contributed by atoms with van der Waals surface area (Å²) in [5, 5.41) is 16.5. The molecule has 1 fully saturated rings. The van der Waals surface area contributed by atoms with Crippen LogP contribution in [0.5, 0.6) is 5.75 Å². The average molecular weight is 277 g/mol. The molecule has 1 aromatic rings. The Kier molecular flexibility index (Phi) is 4.98. The van der Waals surface area contributed by atoms with Gasteiger partial charge in [0.25, 0.3) is 0 Å². The summed E-state index contributed by atoms with van der Waals surface area (Å²) < 4.78 is 5.30. The van der Waals surface area contributed by atoms with Crippen LogP contribution < -0.4 is 10.5 Å². The van der Waals surface area contributed by atoms with Crippen molar-refractivity contribution in [2.45, 2.75) is 19.4 Å². The van der Waals surface area contributed by atoms with E-state index in [0.717, 1.165) is 38.0 Å². The maximum atomic E-state index is 8.99. The van der Waals surface area contributed by atoms with Gasteiger partial charge in [0, 0.05) is 19.7 Å². The van der Waals surface area contributed by atoms with E-state index in [4.69, 9.17) is 21.0 Å². The fourth-order valence-corrected chi connectivity index (χ4v) is 2.79. The SMILES string of the molecule is COc1cc(CN2CCC(CCO)C2)ccc1C(=N)N. The summed E-state index contributed by atoms with van der Waals surface area (Å²) >= 11 is 0. The number of benzene rings is 1. The number of likely N-dealkylation sites (tertiary alicyclic amines) is 1. The van der Waals surface area contributed by atoms with Gasteiger partial charge in [-0.25, -0.2) is 0 Å². The van der Waals surface area contributed by atoms with Gasteiger partial charge in [-0.05, 0) is 43.0 Å². The monoisotopic (exact) mass is 277 g/mol. The molecule has 0 aliphatic carbocycles. The van der Waals surface area contributed by atoms with Gasteiger partial charge in [0.15, 0.2) is 0 Å². The molecule has 0 saturated carbocycles. The first kappa shape index (κ1) is 14.8. The summed E-state index contributed by atoms with van der Waals surface area (Å²) in [5.74, 6) is 1.29. The van der Waals surface area contributed by atoms with Crippen LogP contribution in [0.1, 0.15) is 24.0 Å². The van der Waals surface area contributed by atoms with Crippen LogP contribution in [0.3, 0.4) is 0 Å². The van der Waals surface area contributed by atoms with Gasteiger partial charge in [-0.2, -0.15) is 0 Å². The number of nitrogens with one attached hydrogen (secondary N) is 1. The fourth-order valence-electron chi connectivity index (χ4n) is 2.79. The van der Waals surface area contributed by atoms with Crippen molar-refractivity contribution in [2.75, 3.05) is 26.8 Å². The van der Waals surface area contributed by atoms with Crippen LogP contribution in [0.25, 0.3) is 0 Å². The molecule has 1 unspecified atom stereocenters. The van der Waals surface area contributed by atoms with E-state index in [0.29, 0.717) is 17.2 Å². The van der Waals surface area contributed by atoms with Crippen molar-refractivity contribution in [3.63, 3.8) is 0 Å². The molecule has 1 aliphatic rings. The highest BCUT2D eigenvalue weighted by atomic mass is 16.5. The lowest BCUT2D eigenvalue weighted by Gasteiger charge is -2.17. The number of rotatable bonds is 6. The number of ether oxygens (including phenoxy) is 1. The predicted octanol–water partition coefficient (Wildman–Crippen LogP) is 1.18. The Bertz CT molecular complexity index is 476. The molecular formula is C15H23N3O2. The quantitative estimate of drug-likeness (QED) is 0.539. The number of hydrogen-bond acceptors (Lipinski definition) is 4. The summed E-state index contributed by atoms with van der Waals surface area (Å²) in [6.45, 7) is 3.26. The number of amidine groups is 1. The molecular weight excluding hydrogens is 254 g/mol. The van der Waals surface area contributed by atoms with Gasteiger partial charge in [0.05, 0.1) is 12.7 Å². The summed E-state index contributed by atoms with van der Waals surface area (Å²) in [5.41, 5.74) is 7.32. The lowest BCUT2D eigenvalue weighted by atomic mass is 10.1. The minimum Gasteiger partial charge on any atom is -0.496 e. The number of nitrogens with zero attached hydrogens (tertiary/aromatic N) is 1. The Morgan fingerprint density at radius 1 is 1.55 bits per heavy atom. The largest absolute Gasteiger partial charge is 0.496 e. The predicted molar refractivity (Wildman–Crippen MR) is 79.1 cm³/mol. The Hall–Kier alpha value is -1.59. The maximum Gasteiger partial charge on any atom is 0.130 e. The van der Waals surface area contributed by atoms with E-state index in [1.54, 1.807) is 7.11 Å². The van der Waals surface area contributed by atoms with Crippen molar-refractivity contribution in [3.8, 4) is 5.75 Å². The minimum absolute atomic E-state index is 0.0255.